The van der Waals surface area contributed by atoms with Crippen molar-refractivity contribution in [2.24, 2.45) is 12.8 Å². The molecule has 0 amide bonds. The molecule has 96 valence electrons. The molecule has 0 spiro atoms. The molecule has 2 rings (SSSR count). The Labute approximate surface area is 106 Å². The number of fused-ring (bicyclic) bond motifs is 1. The summed E-state index contributed by atoms with van der Waals surface area (Å²) in [5, 5.41) is 5.28. The third-order valence-corrected chi connectivity index (χ3v) is 3.04. The van der Waals surface area contributed by atoms with Crippen molar-refractivity contribution in [2.75, 3.05) is 7.11 Å². The molecule has 0 unspecified atom stereocenters. The molecule has 0 bridgehead atoms. The third-order valence-electron chi connectivity index (χ3n) is 3.04. The van der Waals surface area contributed by atoms with Gasteiger partial charge in [-0.25, -0.2) is 0 Å². The van der Waals surface area contributed by atoms with E-state index in [1.807, 2.05) is 37.0 Å². The zero-order chi connectivity index (χ0) is 13.3. The van der Waals surface area contributed by atoms with Crippen molar-refractivity contribution in [1.82, 2.24) is 9.78 Å². The van der Waals surface area contributed by atoms with E-state index in [9.17, 15) is 4.79 Å². The molecule has 0 aliphatic rings. The van der Waals surface area contributed by atoms with E-state index >= 15 is 0 Å². The maximum absolute atomic E-state index is 11.3. The van der Waals surface area contributed by atoms with Crippen LogP contribution in [-0.4, -0.2) is 28.9 Å². The Hall–Kier alpha value is -1.88. The fraction of sp³-hybridized carbons (Fsp3) is 0.385. The average molecular weight is 247 g/mol. The second kappa shape index (κ2) is 4.78. The number of aryl methyl sites for hydroxylation is 2. The van der Waals surface area contributed by atoms with Crippen molar-refractivity contribution in [3.8, 4) is 0 Å². The maximum Gasteiger partial charge on any atom is 0.322 e. The van der Waals surface area contributed by atoms with Crippen LogP contribution >= 0.6 is 0 Å². The smallest absolute Gasteiger partial charge is 0.322 e. The average Bonchev–Trinajstić information content (AvgIpc) is 2.70. The van der Waals surface area contributed by atoms with Crippen LogP contribution in [0.3, 0.4) is 0 Å². The molecule has 2 aromatic rings. The number of nitrogens with zero attached hydrogens (tertiary/aromatic N) is 2. The van der Waals surface area contributed by atoms with Gasteiger partial charge < -0.3 is 10.5 Å². The Kier molecular flexibility index (Phi) is 3.34. The first-order valence-electron chi connectivity index (χ1n) is 5.77. The van der Waals surface area contributed by atoms with E-state index in [0.29, 0.717) is 6.42 Å². The van der Waals surface area contributed by atoms with E-state index in [4.69, 9.17) is 5.73 Å². The van der Waals surface area contributed by atoms with Crippen LogP contribution in [0.2, 0.25) is 0 Å². The molecule has 0 saturated carbocycles. The molecule has 2 N–H and O–H groups in total. The second-order valence-electron chi connectivity index (χ2n) is 4.45. The number of hydrogen-bond donors (Lipinski definition) is 1. The number of esters is 1. The minimum absolute atomic E-state index is 0.390. The van der Waals surface area contributed by atoms with E-state index in [0.717, 1.165) is 22.0 Å². The summed E-state index contributed by atoms with van der Waals surface area (Å²) >= 11 is 0. The minimum Gasteiger partial charge on any atom is -0.468 e. The van der Waals surface area contributed by atoms with Gasteiger partial charge in [0.25, 0.3) is 0 Å². The number of ether oxygens (including phenoxy) is 1. The van der Waals surface area contributed by atoms with E-state index in [1.54, 1.807) is 0 Å². The van der Waals surface area contributed by atoms with Crippen LogP contribution in [0.25, 0.3) is 10.9 Å². The van der Waals surface area contributed by atoms with Crippen LogP contribution in [0.4, 0.5) is 0 Å². The molecule has 0 aliphatic carbocycles. The van der Waals surface area contributed by atoms with Crippen LogP contribution in [0.5, 0.6) is 0 Å². The van der Waals surface area contributed by atoms with Gasteiger partial charge in [-0.1, -0.05) is 6.07 Å². The van der Waals surface area contributed by atoms with E-state index < -0.39 is 6.04 Å². The number of benzene rings is 1. The van der Waals surface area contributed by atoms with Crippen LogP contribution in [0.15, 0.2) is 18.3 Å². The summed E-state index contributed by atoms with van der Waals surface area (Å²) in [5.74, 6) is -0.390. The molecule has 0 radical (unpaired) electrons. The number of aromatic nitrogens is 2. The highest BCUT2D eigenvalue weighted by molar-refractivity contribution is 5.83. The molecular formula is C13H17N3O2. The monoisotopic (exact) mass is 247 g/mol. The first-order chi connectivity index (χ1) is 8.52. The lowest BCUT2D eigenvalue weighted by Crippen LogP contribution is -2.33. The van der Waals surface area contributed by atoms with Crippen molar-refractivity contribution in [3.05, 3.63) is 29.5 Å². The Balaban J connectivity index is 2.33. The van der Waals surface area contributed by atoms with Gasteiger partial charge >= 0.3 is 5.97 Å². The molecule has 0 saturated heterocycles. The van der Waals surface area contributed by atoms with Gasteiger partial charge in [0.15, 0.2) is 0 Å². The summed E-state index contributed by atoms with van der Waals surface area (Å²) in [7, 11) is 3.26. The molecule has 0 fully saturated rings. The fourth-order valence-corrected chi connectivity index (χ4v) is 2.24. The topological polar surface area (TPSA) is 70.1 Å². The van der Waals surface area contributed by atoms with Gasteiger partial charge in [0.05, 0.1) is 18.8 Å². The van der Waals surface area contributed by atoms with Gasteiger partial charge in [-0.15, -0.1) is 0 Å². The van der Waals surface area contributed by atoms with Crippen molar-refractivity contribution in [2.45, 2.75) is 19.4 Å². The van der Waals surface area contributed by atoms with Crippen molar-refractivity contribution in [1.29, 1.82) is 0 Å². The summed E-state index contributed by atoms with van der Waals surface area (Å²) in [6.45, 7) is 2.02. The number of hydrogen-bond acceptors (Lipinski definition) is 4. The number of rotatable bonds is 3. The molecule has 1 aromatic heterocycles. The Morgan fingerprint density at radius 2 is 2.28 bits per heavy atom. The normalized spacial score (nSPS) is 12.7. The number of nitrogens with two attached hydrogens (primary N) is 1. The predicted molar refractivity (Wildman–Crippen MR) is 69.1 cm³/mol. The van der Waals surface area contributed by atoms with E-state index in [-0.39, 0.29) is 5.97 Å². The molecule has 1 heterocycles. The summed E-state index contributed by atoms with van der Waals surface area (Å²) in [6.07, 6.45) is 2.29. The third kappa shape index (κ3) is 2.22. The lowest BCUT2D eigenvalue weighted by Gasteiger charge is -2.10. The summed E-state index contributed by atoms with van der Waals surface area (Å²) in [4.78, 5) is 11.3. The largest absolute Gasteiger partial charge is 0.468 e. The van der Waals surface area contributed by atoms with Gasteiger partial charge in [0.1, 0.15) is 6.04 Å². The van der Waals surface area contributed by atoms with Crippen LogP contribution in [0.1, 0.15) is 11.1 Å². The first kappa shape index (κ1) is 12.6. The Bertz CT molecular complexity index is 589. The van der Waals surface area contributed by atoms with Gasteiger partial charge in [0, 0.05) is 12.4 Å². The zero-order valence-electron chi connectivity index (χ0n) is 10.8. The van der Waals surface area contributed by atoms with Gasteiger partial charge in [0.2, 0.25) is 0 Å². The highest BCUT2D eigenvalue weighted by Gasteiger charge is 2.15. The highest BCUT2D eigenvalue weighted by Crippen LogP contribution is 2.20. The van der Waals surface area contributed by atoms with E-state index in [1.165, 1.54) is 7.11 Å². The molecule has 1 aromatic carbocycles. The molecule has 18 heavy (non-hydrogen) atoms. The number of carbonyl (C=O) groups excluding carboxylic acids is 1. The number of methoxy groups -OCH3 is 1. The van der Waals surface area contributed by atoms with Gasteiger partial charge in [-0.3, -0.25) is 9.48 Å². The first-order valence-corrected chi connectivity index (χ1v) is 5.77. The zero-order valence-corrected chi connectivity index (χ0v) is 10.8. The van der Waals surface area contributed by atoms with E-state index in [2.05, 4.69) is 9.84 Å². The quantitative estimate of drug-likeness (QED) is 0.819. The van der Waals surface area contributed by atoms with Crippen molar-refractivity contribution < 1.29 is 9.53 Å². The minimum atomic E-state index is -0.622. The lowest BCUT2D eigenvalue weighted by molar-refractivity contribution is -0.142. The van der Waals surface area contributed by atoms with Crippen molar-refractivity contribution in [3.63, 3.8) is 0 Å². The molecular weight excluding hydrogens is 230 g/mol. The highest BCUT2D eigenvalue weighted by atomic mass is 16.5. The fourth-order valence-electron chi connectivity index (χ4n) is 2.24. The van der Waals surface area contributed by atoms with Crippen LogP contribution in [-0.2, 0) is 23.0 Å². The number of carbonyl (C=O) groups is 1. The summed E-state index contributed by atoms with van der Waals surface area (Å²) in [5.41, 5.74) is 9.01. The Morgan fingerprint density at radius 1 is 1.56 bits per heavy atom. The summed E-state index contributed by atoms with van der Waals surface area (Å²) in [6, 6.07) is 3.42. The molecule has 5 heteroatoms. The predicted octanol–water partition coefficient (Wildman–Crippen LogP) is 0.925. The SMILES string of the molecule is COC(=O)[C@H](N)Cc1cc(C)c2c(cnn2C)c1. The standard InChI is InChI=1S/C13H17N3O2/c1-8-4-9(6-11(14)13(17)18-3)5-10-7-15-16(2)12(8)10/h4-5,7,11H,6,14H2,1-3H3/t11-/m1/s1. The van der Waals surface area contributed by atoms with Crippen LogP contribution < -0.4 is 5.73 Å². The van der Waals surface area contributed by atoms with Gasteiger partial charge in [-0.2, -0.15) is 5.10 Å². The Morgan fingerprint density at radius 3 is 2.94 bits per heavy atom. The lowest BCUT2D eigenvalue weighted by atomic mass is 10.0. The summed E-state index contributed by atoms with van der Waals surface area (Å²) < 4.78 is 6.47. The maximum atomic E-state index is 11.3. The second-order valence-corrected chi connectivity index (χ2v) is 4.45. The molecule has 1 atom stereocenters. The molecule has 0 aliphatic heterocycles. The van der Waals surface area contributed by atoms with Crippen molar-refractivity contribution >= 4 is 16.9 Å². The molecule has 5 nitrogen and oxygen atoms in total. The van der Waals surface area contributed by atoms with Gasteiger partial charge in [-0.05, 0) is 30.5 Å². The van der Waals surface area contributed by atoms with Crippen LogP contribution in [0, 0.1) is 6.92 Å².